The third kappa shape index (κ3) is 7.66. The van der Waals surface area contributed by atoms with Crippen molar-refractivity contribution in [3.8, 4) is 11.5 Å². The normalized spacial score (nSPS) is 12.3. The number of hydrazone groups is 1. The van der Waals surface area contributed by atoms with Crippen molar-refractivity contribution in [2.45, 2.75) is 37.6 Å². The van der Waals surface area contributed by atoms with Crippen molar-refractivity contribution in [3.05, 3.63) is 89.5 Å². The predicted molar refractivity (Wildman–Crippen MR) is 140 cm³/mol. The first kappa shape index (κ1) is 26.9. The summed E-state index contributed by atoms with van der Waals surface area (Å²) in [6.45, 7) is 4.46. The van der Waals surface area contributed by atoms with E-state index in [4.69, 9.17) is 9.47 Å². The first-order valence-corrected chi connectivity index (χ1v) is 13.1. The summed E-state index contributed by atoms with van der Waals surface area (Å²) in [5.41, 5.74) is 4.87. The summed E-state index contributed by atoms with van der Waals surface area (Å²) in [7, 11) is -2.39. The van der Waals surface area contributed by atoms with Crippen LogP contribution in [-0.2, 0) is 21.2 Å². The lowest BCUT2D eigenvalue weighted by molar-refractivity contribution is -0.122. The number of carbonyl (C=O) groups excluding carboxylic acids is 1. The Bertz CT molecular complexity index is 1280. The Balaban J connectivity index is 1.75. The molecule has 1 atom stereocenters. The molecule has 9 heteroatoms. The van der Waals surface area contributed by atoms with Gasteiger partial charge in [-0.05, 0) is 61.2 Å². The van der Waals surface area contributed by atoms with E-state index in [1.165, 1.54) is 18.3 Å². The van der Waals surface area contributed by atoms with Crippen LogP contribution in [0.3, 0.4) is 0 Å². The molecule has 0 heterocycles. The number of ether oxygens (including phenoxy) is 2. The number of nitrogens with one attached hydrogen (secondary N) is 2. The fraction of sp³-hybridized carbons (Fsp3) is 0.259. The van der Waals surface area contributed by atoms with E-state index in [2.05, 4.69) is 15.2 Å². The maximum absolute atomic E-state index is 13.0. The van der Waals surface area contributed by atoms with E-state index in [1.807, 2.05) is 44.2 Å². The minimum Gasteiger partial charge on any atom is -0.493 e. The van der Waals surface area contributed by atoms with Gasteiger partial charge in [0.15, 0.2) is 11.5 Å². The minimum absolute atomic E-state index is 0.0833. The average Bonchev–Trinajstić information content (AvgIpc) is 2.88. The van der Waals surface area contributed by atoms with Crippen LogP contribution in [0.2, 0.25) is 0 Å². The summed E-state index contributed by atoms with van der Waals surface area (Å²) in [5.74, 6) is 0.584. The van der Waals surface area contributed by atoms with E-state index in [1.54, 1.807) is 37.4 Å². The molecule has 0 aromatic heterocycles. The lowest BCUT2D eigenvalue weighted by Gasteiger charge is -2.17. The summed E-state index contributed by atoms with van der Waals surface area (Å²) < 4.78 is 39.5. The summed E-state index contributed by atoms with van der Waals surface area (Å²) in [6, 6.07) is 19.8. The largest absolute Gasteiger partial charge is 0.493 e. The molecule has 3 aromatic carbocycles. The summed E-state index contributed by atoms with van der Waals surface area (Å²) in [5, 5.41) is 4.03. The Morgan fingerprint density at radius 1 is 1.03 bits per heavy atom. The van der Waals surface area contributed by atoms with Gasteiger partial charge >= 0.3 is 0 Å². The van der Waals surface area contributed by atoms with Crippen molar-refractivity contribution in [3.63, 3.8) is 0 Å². The van der Waals surface area contributed by atoms with Crippen LogP contribution in [0.4, 0.5) is 0 Å². The second-order valence-corrected chi connectivity index (χ2v) is 9.88. The molecule has 36 heavy (non-hydrogen) atoms. The van der Waals surface area contributed by atoms with Crippen molar-refractivity contribution < 1.29 is 22.7 Å². The maximum Gasteiger partial charge on any atom is 0.258 e. The smallest absolute Gasteiger partial charge is 0.258 e. The van der Waals surface area contributed by atoms with Gasteiger partial charge < -0.3 is 9.47 Å². The number of aryl methyl sites for hydroxylation is 1. The molecule has 8 nitrogen and oxygen atoms in total. The molecule has 0 aliphatic carbocycles. The van der Waals surface area contributed by atoms with Crippen molar-refractivity contribution in [2.75, 3.05) is 13.7 Å². The van der Waals surface area contributed by atoms with Crippen LogP contribution in [0.25, 0.3) is 0 Å². The standard InChI is InChI=1S/C27H31N3O5S/c1-4-16-35-25-15-12-22(18-26(25)34-3)19-28-29-27(31)24(17-21-8-6-5-7-9-21)30-36(32,33)23-13-10-20(2)11-14-23/h5-15,18-19,24,30H,4,16-17H2,1-3H3,(H,29,31)/b28-19-/t24-/m1/s1. The van der Waals surface area contributed by atoms with E-state index in [0.29, 0.717) is 23.7 Å². The Morgan fingerprint density at radius 2 is 1.75 bits per heavy atom. The molecule has 2 N–H and O–H groups in total. The lowest BCUT2D eigenvalue weighted by atomic mass is 10.1. The second kappa shape index (κ2) is 12.9. The number of sulfonamides is 1. The monoisotopic (exact) mass is 509 g/mol. The van der Waals surface area contributed by atoms with Crippen LogP contribution < -0.4 is 19.6 Å². The van der Waals surface area contributed by atoms with E-state index in [-0.39, 0.29) is 11.3 Å². The Kier molecular flexibility index (Phi) is 9.61. The van der Waals surface area contributed by atoms with Crippen LogP contribution in [-0.4, -0.2) is 40.3 Å². The zero-order chi connectivity index (χ0) is 26.0. The van der Waals surface area contributed by atoms with Gasteiger partial charge in [0.1, 0.15) is 6.04 Å². The van der Waals surface area contributed by atoms with Crippen LogP contribution in [0.5, 0.6) is 11.5 Å². The van der Waals surface area contributed by atoms with Gasteiger partial charge in [0.25, 0.3) is 5.91 Å². The fourth-order valence-corrected chi connectivity index (χ4v) is 4.55. The molecule has 0 spiro atoms. The highest BCUT2D eigenvalue weighted by atomic mass is 32.2. The molecule has 3 aromatic rings. The number of amides is 1. The van der Waals surface area contributed by atoms with Gasteiger partial charge in [-0.15, -0.1) is 0 Å². The maximum atomic E-state index is 13.0. The molecule has 0 aliphatic heterocycles. The molecule has 0 fully saturated rings. The molecular formula is C27H31N3O5S. The van der Waals surface area contributed by atoms with E-state index >= 15 is 0 Å². The van der Waals surface area contributed by atoms with Crippen LogP contribution in [0, 0.1) is 6.92 Å². The number of carbonyl (C=O) groups is 1. The highest BCUT2D eigenvalue weighted by molar-refractivity contribution is 7.89. The molecule has 0 saturated carbocycles. The number of rotatable bonds is 12. The molecule has 0 unspecified atom stereocenters. The fourth-order valence-electron chi connectivity index (χ4n) is 3.35. The third-order valence-electron chi connectivity index (χ3n) is 5.27. The Morgan fingerprint density at radius 3 is 2.42 bits per heavy atom. The van der Waals surface area contributed by atoms with Gasteiger partial charge in [-0.25, -0.2) is 13.8 Å². The first-order chi connectivity index (χ1) is 17.3. The number of hydrogen-bond acceptors (Lipinski definition) is 6. The van der Waals surface area contributed by atoms with Gasteiger partial charge in [0.05, 0.1) is 24.8 Å². The van der Waals surface area contributed by atoms with Gasteiger partial charge in [0, 0.05) is 0 Å². The highest BCUT2D eigenvalue weighted by Gasteiger charge is 2.26. The Hall–Kier alpha value is -3.69. The second-order valence-electron chi connectivity index (χ2n) is 8.17. The third-order valence-corrected chi connectivity index (χ3v) is 6.75. The minimum atomic E-state index is -3.93. The van der Waals surface area contributed by atoms with Gasteiger partial charge in [-0.1, -0.05) is 55.0 Å². The molecule has 0 aliphatic rings. The zero-order valence-corrected chi connectivity index (χ0v) is 21.4. The Labute approximate surface area is 212 Å². The van der Waals surface area contributed by atoms with E-state index in [0.717, 1.165) is 17.5 Å². The molecular weight excluding hydrogens is 478 g/mol. The molecule has 0 saturated heterocycles. The molecule has 0 bridgehead atoms. The van der Waals surface area contributed by atoms with Gasteiger partial charge in [-0.3, -0.25) is 4.79 Å². The SMILES string of the molecule is CCCOc1ccc(/C=N\NC(=O)[C@@H](Cc2ccccc2)NS(=O)(=O)c2ccc(C)cc2)cc1OC. The van der Waals surface area contributed by atoms with Crippen molar-refractivity contribution >= 4 is 22.1 Å². The number of nitrogens with zero attached hydrogens (tertiary/aromatic N) is 1. The average molecular weight is 510 g/mol. The molecule has 190 valence electrons. The van der Waals surface area contributed by atoms with Crippen molar-refractivity contribution in [2.24, 2.45) is 5.10 Å². The quantitative estimate of drug-likeness (QED) is 0.285. The highest BCUT2D eigenvalue weighted by Crippen LogP contribution is 2.27. The number of hydrogen-bond donors (Lipinski definition) is 2. The van der Waals surface area contributed by atoms with Gasteiger partial charge in [0.2, 0.25) is 10.0 Å². The number of methoxy groups -OCH3 is 1. The van der Waals surface area contributed by atoms with Crippen LogP contribution in [0.1, 0.15) is 30.0 Å². The summed E-state index contributed by atoms with van der Waals surface area (Å²) >= 11 is 0. The van der Waals surface area contributed by atoms with Crippen LogP contribution >= 0.6 is 0 Å². The van der Waals surface area contributed by atoms with Crippen molar-refractivity contribution in [1.29, 1.82) is 0 Å². The van der Waals surface area contributed by atoms with E-state index < -0.39 is 22.0 Å². The van der Waals surface area contributed by atoms with Crippen LogP contribution in [0.15, 0.2) is 82.8 Å². The van der Waals surface area contributed by atoms with E-state index in [9.17, 15) is 13.2 Å². The molecule has 3 rings (SSSR count). The number of benzene rings is 3. The predicted octanol–water partition coefficient (Wildman–Crippen LogP) is 3.83. The zero-order valence-electron chi connectivity index (χ0n) is 20.6. The summed E-state index contributed by atoms with van der Waals surface area (Å²) in [4.78, 5) is 13.1. The molecule has 0 radical (unpaired) electrons. The molecule has 1 amide bonds. The first-order valence-electron chi connectivity index (χ1n) is 11.6. The summed E-state index contributed by atoms with van der Waals surface area (Å²) in [6.07, 6.45) is 2.48. The van der Waals surface area contributed by atoms with Crippen molar-refractivity contribution in [1.82, 2.24) is 10.1 Å². The van der Waals surface area contributed by atoms with Gasteiger partial charge in [-0.2, -0.15) is 9.82 Å². The topological polar surface area (TPSA) is 106 Å². The lowest BCUT2D eigenvalue weighted by Crippen LogP contribution is -2.46.